The SMILES string of the molecule is C[Si](C)(C)O/C=C(/[O-])O[Si](C)(C)C.[Li+]. The first-order valence-corrected chi connectivity index (χ1v) is 11.2. The molecule has 0 spiro atoms. The van der Waals surface area contributed by atoms with E-state index in [-0.39, 0.29) is 24.8 Å². The van der Waals surface area contributed by atoms with Crippen LogP contribution in [0.1, 0.15) is 0 Å². The van der Waals surface area contributed by atoms with Crippen molar-refractivity contribution in [2.45, 2.75) is 39.3 Å². The van der Waals surface area contributed by atoms with E-state index >= 15 is 0 Å². The summed E-state index contributed by atoms with van der Waals surface area (Å²) in [5.41, 5.74) is 0. The van der Waals surface area contributed by atoms with Crippen LogP contribution in [0.2, 0.25) is 39.3 Å². The van der Waals surface area contributed by atoms with Gasteiger partial charge in [-0.05, 0) is 19.6 Å². The quantitative estimate of drug-likeness (QED) is 0.449. The molecule has 0 bridgehead atoms. The minimum absolute atomic E-state index is 0. The topological polar surface area (TPSA) is 41.5 Å². The minimum atomic E-state index is -1.76. The van der Waals surface area contributed by atoms with Gasteiger partial charge < -0.3 is 14.0 Å². The van der Waals surface area contributed by atoms with Crippen molar-refractivity contribution in [1.29, 1.82) is 0 Å². The van der Waals surface area contributed by atoms with Crippen molar-refractivity contribution in [1.82, 2.24) is 0 Å². The van der Waals surface area contributed by atoms with E-state index in [0.29, 0.717) is 0 Å². The van der Waals surface area contributed by atoms with Gasteiger partial charge in [-0.25, -0.2) is 0 Å². The van der Waals surface area contributed by atoms with Gasteiger partial charge in [-0.3, -0.25) is 0 Å². The average Bonchev–Trinajstić information content (AvgIpc) is 1.78. The van der Waals surface area contributed by atoms with E-state index in [1.54, 1.807) is 0 Å². The first kappa shape index (κ1) is 16.6. The van der Waals surface area contributed by atoms with Crippen LogP contribution in [0.25, 0.3) is 0 Å². The number of hydrogen-bond acceptors (Lipinski definition) is 3. The van der Waals surface area contributed by atoms with Crippen LogP contribution in [0, 0.1) is 0 Å². The third-order valence-corrected chi connectivity index (χ3v) is 2.55. The average molecular weight is 226 g/mol. The smallest absolute Gasteiger partial charge is 0.632 e. The molecule has 0 saturated heterocycles. The second-order valence-electron chi connectivity index (χ2n) is 4.88. The summed E-state index contributed by atoms with van der Waals surface area (Å²) < 4.78 is 10.5. The Morgan fingerprint density at radius 2 is 1.43 bits per heavy atom. The van der Waals surface area contributed by atoms with Gasteiger partial charge in [-0.2, -0.15) is 0 Å². The van der Waals surface area contributed by atoms with E-state index < -0.39 is 16.6 Å². The summed E-state index contributed by atoms with van der Waals surface area (Å²) >= 11 is 0. The van der Waals surface area contributed by atoms with E-state index in [1.165, 1.54) is 6.26 Å². The van der Waals surface area contributed by atoms with Crippen LogP contribution in [-0.2, 0) is 8.85 Å². The predicted octanol–water partition coefficient (Wildman–Crippen LogP) is -1.15. The summed E-state index contributed by atoms with van der Waals surface area (Å²) in [7, 11) is -3.40. The zero-order chi connectivity index (χ0) is 10.7. The third-order valence-electron chi connectivity index (χ3n) is 0.915. The second-order valence-corrected chi connectivity index (χ2v) is 13.8. The molecule has 0 aliphatic carbocycles. The van der Waals surface area contributed by atoms with Crippen LogP contribution >= 0.6 is 0 Å². The molecule has 0 radical (unpaired) electrons. The standard InChI is InChI=1S/C8H20O3Si2.Li/c1-12(2,3)10-7-8(9)11-13(4,5)6;/h7,9H,1-6H3;/q;+1/p-1/b8-7-;. The first-order valence-electron chi connectivity index (χ1n) is 4.34. The summed E-state index contributed by atoms with van der Waals surface area (Å²) in [5, 5.41) is 11.2. The minimum Gasteiger partial charge on any atom is -0.632 e. The molecular weight excluding hydrogens is 207 g/mol. The van der Waals surface area contributed by atoms with Crippen LogP contribution in [-0.4, -0.2) is 16.6 Å². The van der Waals surface area contributed by atoms with Crippen LogP contribution < -0.4 is 24.0 Å². The van der Waals surface area contributed by atoms with Crippen molar-refractivity contribution in [3.05, 3.63) is 12.2 Å². The zero-order valence-electron chi connectivity index (χ0n) is 10.3. The van der Waals surface area contributed by atoms with Gasteiger partial charge in [0.15, 0.2) is 0 Å². The maximum atomic E-state index is 11.2. The molecule has 0 N–H and O–H groups in total. The van der Waals surface area contributed by atoms with Gasteiger partial charge in [0, 0.05) is 0 Å². The molecule has 78 valence electrons. The van der Waals surface area contributed by atoms with Gasteiger partial charge in [0.2, 0.25) is 8.32 Å². The molecule has 0 unspecified atom stereocenters. The Morgan fingerprint density at radius 3 is 1.71 bits per heavy atom. The maximum absolute atomic E-state index is 11.2. The second kappa shape index (κ2) is 5.91. The van der Waals surface area contributed by atoms with Gasteiger partial charge in [-0.1, -0.05) is 19.6 Å². The molecule has 3 nitrogen and oxygen atoms in total. The van der Waals surface area contributed by atoms with E-state index in [0.717, 1.165) is 0 Å². The molecule has 0 aromatic heterocycles. The van der Waals surface area contributed by atoms with Crippen LogP contribution in [0.15, 0.2) is 12.2 Å². The molecular formula is C8H19LiO3Si2. The van der Waals surface area contributed by atoms with Crippen LogP contribution in [0.5, 0.6) is 0 Å². The molecule has 0 aliphatic rings. The van der Waals surface area contributed by atoms with Crippen LogP contribution in [0.3, 0.4) is 0 Å². The molecule has 6 heteroatoms. The van der Waals surface area contributed by atoms with Gasteiger partial charge in [0.1, 0.15) is 8.32 Å². The molecule has 0 rings (SSSR count). The Balaban J connectivity index is 0. The summed E-state index contributed by atoms with van der Waals surface area (Å²) in [6.07, 6.45) is 1.21. The molecule has 0 saturated carbocycles. The number of hydrogen-bond donors (Lipinski definition) is 0. The largest absolute Gasteiger partial charge is 1.00 e. The molecule has 0 aromatic carbocycles. The number of rotatable bonds is 4. The van der Waals surface area contributed by atoms with Crippen LogP contribution in [0.4, 0.5) is 0 Å². The van der Waals surface area contributed by atoms with Gasteiger partial charge in [0.25, 0.3) is 0 Å². The van der Waals surface area contributed by atoms with E-state index in [2.05, 4.69) is 0 Å². The monoisotopic (exact) mass is 226 g/mol. The fourth-order valence-corrected chi connectivity index (χ4v) is 1.65. The summed E-state index contributed by atoms with van der Waals surface area (Å²) in [5.74, 6) is -0.346. The van der Waals surface area contributed by atoms with Crippen molar-refractivity contribution in [3.63, 3.8) is 0 Å². The van der Waals surface area contributed by atoms with Crippen molar-refractivity contribution >= 4 is 16.6 Å². The zero-order valence-corrected chi connectivity index (χ0v) is 12.3. The summed E-state index contributed by atoms with van der Waals surface area (Å²) in [6.45, 7) is 12.0. The molecule has 0 aromatic rings. The molecule has 0 atom stereocenters. The molecule has 0 fully saturated rings. The van der Waals surface area contributed by atoms with Crippen molar-refractivity contribution in [2.75, 3.05) is 0 Å². The molecule has 14 heavy (non-hydrogen) atoms. The Labute approximate surface area is 101 Å². The first-order chi connectivity index (χ1) is 5.60. The van der Waals surface area contributed by atoms with Gasteiger partial charge >= 0.3 is 18.9 Å². The van der Waals surface area contributed by atoms with E-state index in [1.807, 2.05) is 39.3 Å². The normalized spacial score (nSPS) is 13.1. The Morgan fingerprint density at radius 1 is 1.00 bits per heavy atom. The summed E-state index contributed by atoms with van der Waals surface area (Å²) in [6, 6.07) is 0. The molecule has 0 heterocycles. The Kier molecular flexibility index (Phi) is 7.00. The van der Waals surface area contributed by atoms with Crippen molar-refractivity contribution < 1.29 is 32.8 Å². The van der Waals surface area contributed by atoms with Crippen molar-refractivity contribution in [3.8, 4) is 0 Å². The Bertz CT molecular complexity index is 194. The van der Waals surface area contributed by atoms with Gasteiger partial charge in [-0.15, -0.1) is 0 Å². The fourth-order valence-electron chi connectivity index (χ4n) is 0.551. The third kappa shape index (κ3) is 12.2. The summed E-state index contributed by atoms with van der Waals surface area (Å²) in [4.78, 5) is 0. The fraction of sp³-hybridized carbons (Fsp3) is 0.750. The molecule has 0 aliphatic heterocycles. The van der Waals surface area contributed by atoms with E-state index in [4.69, 9.17) is 8.85 Å². The van der Waals surface area contributed by atoms with Crippen molar-refractivity contribution in [2.24, 2.45) is 0 Å². The molecule has 0 amide bonds. The Hall–Kier alpha value is 0.171. The van der Waals surface area contributed by atoms with Gasteiger partial charge in [0.05, 0.1) is 12.2 Å². The van der Waals surface area contributed by atoms with E-state index in [9.17, 15) is 5.11 Å². The predicted molar refractivity (Wildman–Crippen MR) is 56.9 cm³/mol. The maximum Gasteiger partial charge on any atom is 1.00 e.